The van der Waals surface area contributed by atoms with Crippen LogP contribution in [0.5, 0.6) is 5.75 Å². The van der Waals surface area contributed by atoms with Gasteiger partial charge < -0.3 is 15.6 Å². The first-order valence-corrected chi connectivity index (χ1v) is 6.86. The van der Waals surface area contributed by atoms with Crippen molar-refractivity contribution in [1.82, 2.24) is 0 Å². The van der Waals surface area contributed by atoms with Gasteiger partial charge in [-0.2, -0.15) is 0 Å². The second-order valence-corrected chi connectivity index (χ2v) is 5.44. The summed E-state index contributed by atoms with van der Waals surface area (Å²) in [6.45, 7) is 2.66. The molecular weight excluding hydrogens is 245 g/mol. The minimum atomic E-state index is -0.721. The molecule has 0 bridgehead atoms. The fourth-order valence-electron chi connectivity index (χ4n) is 2.90. The summed E-state index contributed by atoms with van der Waals surface area (Å²) in [6.07, 6.45) is 3.58. The van der Waals surface area contributed by atoms with E-state index in [4.69, 9.17) is 10.5 Å². The van der Waals surface area contributed by atoms with Gasteiger partial charge in [-0.05, 0) is 55.9 Å². The summed E-state index contributed by atoms with van der Waals surface area (Å²) in [7, 11) is 0. The largest absolute Gasteiger partial charge is 0.493 e. The summed E-state index contributed by atoms with van der Waals surface area (Å²) >= 11 is 0. The quantitative estimate of drug-likeness (QED) is 0.861. The Hall–Kier alpha value is -1.13. The molecule has 2 atom stereocenters. The molecule has 0 aliphatic heterocycles. The van der Waals surface area contributed by atoms with Crippen molar-refractivity contribution in [3.63, 3.8) is 0 Å². The molecule has 1 aliphatic carbocycles. The van der Waals surface area contributed by atoms with Crippen LogP contribution in [0.1, 0.15) is 31.2 Å². The Labute approximate surface area is 113 Å². The highest BCUT2D eigenvalue weighted by molar-refractivity contribution is 5.32. The summed E-state index contributed by atoms with van der Waals surface area (Å²) < 4.78 is 18.6. The van der Waals surface area contributed by atoms with E-state index in [2.05, 4.69) is 0 Å². The van der Waals surface area contributed by atoms with E-state index >= 15 is 0 Å². The molecule has 1 aliphatic rings. The molecule has 0 amide bonds. The Morgan fingerprint density at radius 3 is 3.00 bits per heavy atom. The molecule has 19 heavy (non-hydrogen) atoms. The van der Waals surface area contributed by atoms with Crippen molar-refractivity contribution in [2.45, 2.75) is 38.2 Å². The van der Waals surface area contributed by atoms with Crippen LogP contribution in [0.3, 0.4) is 0 Å². The van der Waals surface area contributed by atoms with E-state index in [1.54, 1.807) is 6.07 Å². The first kappa shape index (κ1) is 14.3. The van der Waals surface area contributed by atoms with Crippen molar-refractivity contribution in [3.05, 3.63) is 29.6 Å². The van der Waals surface area contributed by atoms with E-state index in [1.165, 1.54) is 12.1 Å². The van der Waals surface area contributed by atoms with E-state index in [-0.39, 0.29) is 11.7 Å². The molecule has 0 aromatic heterocycles. The van der Waals surface area contributed by atoms with Crippen LogP contribution in [0.15, 0.2) is 18.2 Å². The van der Waals surface area contributed by atoms with Gasteiger partial charge in [-0.15, -0.1) is 0 Å². The van der Waals surface area contributed by atoms with E-state index in [9.17, 15) is 9.50 Å². The number of hydrogen-bond acceptors (Lipinski definition) is 3. The number of ether oxygens (including phenoxy) is 1. The number of aryl methyl sites for hydroxylation is 1. The van der Waals surface area contributed by atoms with Crippen LogP contribution in [0.4, 0.5) is 4.39 Å². The van der Waals surface area contributed by atoms with E-state index in [1.807, 2.05) is 6.92 Å². The maximum atomic E-state index is 13.0. The van der Waals surface area contributed by atoms with Crippen molar-refractivity contribution < 1.29 is 14.2 Å². The van der Waals surface area contributed by atoms with E-state index in [0.29, 0.717) is 18.9 Å². The van der Waals surface area contributed by atoms with Gasteiger partial charge in [-0.1, -0.05) is 6.42 Å². The second kappa shape index (κ2) is 5.88. The lowest BCUT2D eigenvalue weighted by Crippen LogP contribution is -2.41. The monoisotopic (exact) mass is 267 g/mol. The molecule has 106 valence electrons. The Bertz CT molecular complexity index is 438. The van der Waals surface area contributed by atoms with Crippen LogP contribution in [0, 0.1) is 18.7 Å². The highest BCUT2D eigenvalue weighted by Crippen LogP contribution is 2.37. The normalized spacial score (nSPS) is 26.6. The van der Waals surface area contributed by atoms with Gasteiger partial charge >= 0.3 is 0 Å². The molecule has 1 fully saturated rings. The first-order valence-electron chi connectivity index (χ1n) is 6.86. The molecule has 1 aromatic carbocycles. The smallest absolute Gasteiger partial charge is 0.123 e. The third kappa shape index (κ3) is 3.25. The fourth-order valence-corrected chi connectivity index (χ4v) is 2.90. The highest BCUT2D eigenvalue weighted by Gasteiger charge is 2.39. The van der Waals surface area contributed by atoms with Crippen molar-refractivity contribution in [2.75, 3.05) is 13.2 Å². The predicted molar refractivity (Wildman–Crippen MR) is 72.6 cm³/mol. The summed E-state index contributed by atoms with van der Waals surface area (Å²) in [4.78, 5) is 0. The predicted octanol–water partition coefficient (Wildman–Crippen LogP) is 2.39. The zero-order valence-corrected chi connectivity index (χ0v) is 11.4. The summed E-state index contributed by atoms with van der Waals surface area (Å²) in [5.41, 5.74) is 5.72. The Kier molecular flexibility index (Phi) is 4.42. The van der Waals surface area contributed by atoms with Crippen LogP contribution in [0.2, 0.25) is 0 Å². The zero-order valence-electron chi connectivity index (χ0n) is 11.4. The number of hydrogen-bond donors (Lipinski definition) is 2. The summed E-state index contributed by atoms with van der Waals surface area (Å²) in [6, 6.07) is 4.50. The van der Waals surface area contributed by atoms with Gasteiger partial charge in [-0.25, -0.2) is 4.39 Å². The van der Waals surface area contributed by atoms with Gasteiger partial charge in [0.05, 0.1) is 12.2 Å². The minimum Gasteiger partial charge on any atom is -0.493 e. The van der Waals surface area contributed by atoms with Crippen molar-refractivity contribution in [3.8, 4) is 5.75 Å². The number of halogens is 1. The lowest BCUT2D eigenvalue weighted by Gasteiger charge is -2.28. The standard InChI is InChI=1S/C15H22FNO2/c1-11-9-13(16)4-5-14(11)19-8-6-12-3-2-7-15(12,18)10-17/h4-5,9,12,18H,2-3,6-8,10,17H2,1H3. The van der Waals surface area contributed by atoms with Crippen LogP contribution >= 0.6 is 0 Å². The molecule has 2 rings (SSSR count). The second-order valence-electron chi connectivity index (χ2n) is 5.44. The molecule has 1 aromatic rings. The van der Waals surface area contributed by atoms with Crippen LogP contribution in [-0.4, -0.2) is 23.9 Å². The molecule has 0 saturated heterocycles. The molecule has 3 nitrogen and oxygen atoms in total. The molecule has 0 heterocycles. The molecule has 0 radical (unpaired) electrons. The Morgan fingerprint density at radius 1 is 1.53 bits per heavy atom. The Morgan fingerprint density at radius 2 is 2.32 bits per heavy atom. The van der Waals surface area contributed by atoms with Crippen molar-refractivity contribution in [1.29, 1.82) is 0 Å². The topological polar surface area (TPSA) is 55.5 Å². The molecular formula is C15H22FNO2. The third-order valence-electron chi connectivity index (χ3n) is 4.14. The number of aliphatic hydroxyl groups is 1. The van der Waals surface area contributed by atoms with Gasteiger partial charge in [0, 0.05) is 6.54 Å². The Balaban J connectivity index is 1.86. The number of benzene rings is 1. The van der Waals surface area contributed by atoms with Crippen LogP contribution < -0.4 is 10.5 Å². The van der Waals surface area contributed by atoms with Gasteiger partial charge in [0.1, 0.15) is 11.6 Å². The molecule has 3 N–H and O–H groups in total. The van der Waals surface area contributed by atoms with Crippen molar-refractivity contribution in [2.24, 2.45) is 11.7 Å². The average Bonchev–Trinajstić information content (AvgIpc) is 2.74. The lowest BCUT2D eigenvalue weighted by molar-refractivity contribution is 0.00353. The van der Waals surface area contributed by atoms with Crippen molar-refractivity contribution >= 4 is 0 Å². The van der Waals surface area contributed by atoms with Crippen LogP contribution in [-0.2, 0) is 0 Å². The van der Waals surface area contributed by atoms with Gasteiger partial charge in [0.25, 0.3) is 0 Å². The molecule has 1 saturated carbocycles. The lowest BCUT2D eigenvalue weighted by atomic mass is 9.88. The molecule has 4 heteroatoms. The van der Waals surface area contributed by atoms with Crippen LogP contribution in [0.25, 0.3) is 0 Å². The summed E-state index contributed by atoms with van der Waals surface area (Å²) in [5, 5.41) is 10.3. The van der Waals surface area contributed by atoms with Gasteiger partial charge in [0.2, 0.25) is 0 Å². The highest BCUT2D eigenvalue weighted by atomic mass is 19.1. The average molecular weight is 267 g/mol. The van der Waals surface area contributed by atoms with E-state index in [0.717, 1.165) is 31.2 Å². The zero-order chi connectivity index (χ0) is 13.9. The molecule has 0 spiro atoms. The maximum absolute atomic E-state index is 13.0. The van der Waals surface area contributed by atoms with Gasteiger partial charge in [-0.3, -0.25) is 0 Å². The number of rotatable bonds is 5. The minimum absolute atomic E-state index is 0.207. The van der Waals surface area contributed by atoms with E-state index < -0.39 is 5.60 Å². The maximum Gasteiger partial charge on any atom is 0.123 e. The SMILES string of the molecule is Cc1cc(F)ccc1OCCC1CCCC1(O)CN. The van der Waals surface area contributed by atoms with Gasteiger partial charge in [0.15, 0.2) is 0 Å². The third-order valence-corrected chi connectivity index (χ3v) is 4.14. The first-order chi connectivity index (χ1) is 9.05. The fraction of sp³-hybridized carbons (Fsp3) is 0.600. The molecule has 2 unspecified atom stereocenters. The number of nitrogens with two attached hydrogens (primary N) is 1. The summed E-state index contributed by atoms with van der Waals surface area (Å²) in [5.74, 6) is 0.659.